The van der Waals surface area contributed by atoms with Gasteiger partial charge in [-0.05, 0) is 6.07 Å². The average Bonchev–Trinajstić information content (AvgIpc) is 2.46. The molecule has 0 atom stereocenters. The van der Waals surface area contributed by atoms with Gasteiger partial charge < -0.3 is 10.7 Å². The molecule has 0 spiro atoms. The zero-order chi connectivity index (χ0) is 10.3. The van der Waals surface area contributed by atoms with E-state index in [1.807, 2.05) is 0 Å². The Hall–Kier alpha value is -1.72. The largest absolute Gasteiger partial charge is 0.417 e. The maximum atomic E-state index is 12.5. The molecule has 3 N–H and O–H groups in total. The second kappa shape index (κ2) is 2.63. The SMILES string of the molecule is Nc1c[nH]c2nccc(C(F)(F)F)c12. The van der Waals surface area contributed by atoms with E-state index in [2.05, 4.69) is 9.97 Å². The highest BCUT2D eigenvalue weighted by atomic mass is 19.4. The predicted octanol–water partition coefficient (Wildman–Crippen LogP) is 2.16. The minimum atomic E-state index is -4.41. The van der Waals surface area contributed by atoms with Gasteiger partial charge in [0.25, 0.3) is 0 Å². The predicted molar refractivity (Wildman–Crippen MR) is 45.5 cm³/mol. The molecule has 0 aliphatic heterocycles. The first-order valence-electron chi connectivity index (χ1n) is 3.79. The van der Waals surface area contributed by atoms with Gasteiger partial charge in [0.1, 0.15) is 5.65 Å². The van der Waals surface area contributed by atoms with Gasteiger partial charge in [-0.3, -0.25) is 0 Å². The monoisotopic (exact) mass is 201 g/mol. The van der Waals surface area contributed by atoms with Gasteiger partial charge in [-0.1, -0.05) is 0 Å². The number of nitrogens with zero attached hydrogens (tertiary/aromatic N) is 1. The van der Waals surface area contributed by atoms with E-state index in [4.69, 9.17) is 5.73 Å². The van der Waals surface area contributed by atoms with E-state index in [1.165, 1.54) is 6.20 Å². The Balaban J connectivity index is 2.82. The van der Waals surface area contributed by atoms with E-state index in [0.29, 0.717) is 0 Å². The van der Waals surface area contributed by atoms with Gasteiger partial charge in [-0.2, -0.15) is 13.2 Å². The summed E-state index contributed by atoms with van der Waals surface area (Å²) in [5, 5.41) is -0.0694. The molecule has 3 nitrogen and oxygen atoms in total. The van der Waals surface area contributed by atoms with Crippen molar-refractivity contribution in [3.8, 4) is 0 Å². The molecule has 0 saturated carbocycles. The van der Waals surface area contributed by atoms with Crippen LogP contribution < -0.4 is 5.73 Å². The van der Waals surface area contributed by atoms with Crippen molar-refractivity contribution in [1.82, 2.24) is 9.97 Å². The third kappa shape index (κ3) is 1.19. The van der Waals surface area contributed by atoms with Gasteiger partial charge in [0.05, 0.1) is 16.6 Å². The number of aromatic amines is 1. The highest BCUT2D eigenvalue weighted by molar-refractivity contribution is 5.91. The molecular formula is C8H6F3N3. The van der Waals surface area contributed by atoms with Crippen LogP contribution in [0.15, 0.2) is 18.5 Å². The average molecular weight is 201 g/mol. The lowest BCUT2D eigenvalue weighted by molar-refractivity contribution is -0.136. The summed E-state index contributed by atoms with van der Waals surface area (Å²) in [4.78, 5) is 6.30. The molecule has 0 bridgehead atoms. The molecule has 74 valence electrons. The second-order valence-electron chi connectivity index (χ2n) is 2.82. The second-order valence-corrected chi connectivity index (χ2v) is 2.82. The van der Waals surface area contributed by atoms with E-state index in [0.717, 1.165) is 12.3 Å². The number of aromatic nitrogens is 2. The number of hydrogen-bond acceptors (Lipinski definition) is 2. The molecule has 0 aliphatic carbocycles. The normalized spacial score (nSPS) is 12.2. The first kappa shape index (κ1) is 8.86. The van der Waals surface area contributed by atoms with Crippen LogP contribution in [0.25, 0.3) is 11.0 Å². The number of nitrogens with two attached hydrogens (primary N) is 1. The molecule has 0 radical (unpaired) electrons. The number of nitrogens with one attached hydrogen (secondary N) is 1. The fraction of sp³-hybridized carbons (Fsp3) is 0.125. The molecule has 0 aliphatic rings. The van der Waals surface area contributed by atoms with E-state index >= 15 is 0 Å². The van der Waals surface area contributed by atoms with E-state index in [9.17, 15) is 13.2 Å². The van der Waals surface area contributed by atoms with Gasteiger partial charge >= 0.3 is 6.18 Å². The maximum Gasteiger partial charge on any atom is 0.417 e. The summed E-state index contributed by atoms with van der Waals surface area (Å²) in [7, 11) is 0. The summed E-state index contributed by atoms with van der Waals surface area (Å²) >= 11 is 0. The molecule has 0 aromatic carbocycles. The van der Waals surface area contributed by atoms with Crippen LogP contribution in [0.4, 0.5) is 18.9 Å². The molecular weight excluding hydrogens is 195 g/mol. The Bertz CT molecular complexity index is 472. The smallest absolute Gasteiger partial charge is 0.397 e. The van der Waals surface area contributed by atoms with Crippen LogP contribution in [0.5, 0.6) is 0 Å². The fourth-order valence-corrected chi connectivity index (χ4v) is 1.32. The Morgan fingerprint density at radius 2 is 2.07 bits per heavy atom. The van der Waals surface area contributed by atoms with Gasteiger partial charge in [0.2, 0.25) is 0 Å². The van der Waals surface area contributed by atoms with Gasteiger partial charge in [0, 0.05) is 12.4 Å². The maximum absolute atomic E-state index is 12.5. The third-order valence-corrected chi connectivity index (χ3v) is 1.91. The van der Waals surface area contributed by atoms with Crippen molar-refractivity contribution in [1.29, 1.82) is 0 Å². The Kier molecular flexibility index (Phi) is 1.67. The topological polar surface area (TPSA) is 54.7 Å². The Labute approximate surface area is 76.7 Å². The Morgan fingerprint density at radius 1 is 1.36 bits per heavy atom. The highest BCUT2D eigenvalue weighted by Crippen LogP contribution is 2.36. The lowest BCUT2D eigenvalue weighted by Crippen LogP contribution is -2.06. The molecule has 0 unspecified atom stereocenters. The van der Waals surface area contributed by atoms with Crippen LogP contribution in [0.2, 0.25) is 0 Å². The number of fused-ring (bicyclic) bond motifs is 1. The lowest BCUT2D eigenvalue weighted by atomic mass is 10.1. The fourth-order valence-electron chi connectivity index (χ4n) is 1.32. The lowest BCUT2D eigenvalue weighted by Gasteiger charge is -2.07. The summed E-state index contributed by atoms with van der Waals surface area (Å²) in [6.07, 6.45) is -2.01. The molecule has 0 fully saturated rings. The third-order valence-electron chi connectivity index (χ3n) is 1.91. The molecule has 0 amide bonds. The first-order chi connectivity index (χ1) is 6.50. The van der Waals surface area contributed by atoms with Crippen LogP contribution in [-0.4, -0.2) is 9.97 Å². The molecule has 2 rings (SSSR count). The molecule has 2 heterocycles. The molecule has 6 heteroatoms. The number of hydrogen-bond donors (Lipinski definition) is 2. The zero-order valence-electron chi connectivity index (χ0n) is 6.89. The van der Waals surface area contributed by atoms with Crippen molar-refractivity contribution in [2.24, 2.45) is 0 Å². The van der Waals surface area contributed by atoms with Crippen LogP contribution in [-0.2, 0) is 6.18 Å². The van der Waals surface area contributed by atoms with Crippen LogP contribution in [0.1, 0.15) is 5.56 Å². The quantitative estimate of drug-likeness (QED) is 0.686. The minimum absolute atomic E-state index is 0.0559. The summed E-state index contributed by atoms with van der Waals surface area (Å²) in [5.74, 6) is 0. The van der Waals surface area contributed by atoms with Crippen molar-refractivity contribution >= 4 is 16.7 Å². The zero-order valence-corrected chi connectivity index (χ0v) is 6.89. The number of halogens is 3. The van der Waals surface area contributed by atoms with Crippen molar-refractivity contribution in [2.75, 3.05) is 5.73 Å². The molecule has 2 aromatic rings. The van der Waals surface area contributed by atoms with Crippen molar-refractivity contribution in [3.05, 3.63) is 24.0 Å². The number of rotatable bonds is 0. The molecule has 0 saturated heterocycles. The van der Waals surface area contributed by atoms with Gasteiger partial charge in [-0.25, -0.2) is 4.98 Å². The number of H-pyrrole nitrogens is 1. The molecule has 2 aromatic heterocycles. The van der Waals surface area contributed by atoms with Gasteiger partial charge in [-0.15, -0.1) is 0 Å². The number of anilines is 1. The van der Waals surface area contributed by atoms with Crippen LogP contribution >= 0.6 is 0 Å². The van der Waals surface area contributed by atoms with E-state index in [1.54, 1.807) is 0 Å². The van der Waals surface area contributed by atoms with Crippen LogP contribution in [0.3, 0.4) is 0 Å². The van der Waals surface area contributed by atoms with Gasteiger partial charge in [0.15, 0.2) is 0 Å². The van der Waals surface area contributed by atoms with E-state index in [-0.39, 0.29) is 16.7 Å². The van der Waals surface area contributed by atoms with Crippen molar-refractivity contribution in [2.45, 2.75) is 6.18 Å². The number of alkyl halides is 3. The van der Waals surface area contributed by atoms with E-state index < -0.39 is 11.7 Å². The Morgan fingerprint density at radius 3 is 2.71 bits per heavy atom. The van der Waals surface area contributed by atoms with Crippen LogP contribution in [0, 0.1) is 0 Å². The standard InChI is InChI=1S/C8H6F3N3/c9-8(10,11)4-1-2-13-7-6(4)5(12)3-14-7/h1-3H,12H2,(H,13,14). The highest BCUT2D eigenvalue weighted by Gasteiger charge is 2.33. The number of pyridine rings is 1. The minimum Gasteiger partial charge on any atom is -0.397 e. The first-order valence-corrected chi connectivity index (χ1v) is 3.79. The summed E-state index contributed by atoms with van der Waals surface area (Å²) < 4.78 is 37.4. The molecule has 14 heavy (non-hydrogen) atoms. The number of nitrogen functional groups attached to an aromatic ring is 1. The summed E-state index contributed by atoms with van der Waals surface area (Å²) in [6, 6.07) is 0.909. The summed E-state index contributed by atoms with van der Waals surface area (Å²) in [5.41, 5.74) is 4.85. The van der Waals surface area contributed by atoms with Crippen molar-refractivity contribution in [3.63, 3.8) is 0 Å². The summed E-state index contributed by atoms with van der Waals surface area (Å²) in [6.45, 7) is 0. The van der Waals surface area contributed by atoms with Crippen molar-refractivity contribution < 1.29 is 13.2 Å².